The topological polar surface area (TPSA) is 91.6 Å². The molecule has 8 nitrogen and oxygen atoms in total. The summed E-state index contributed by atoms with van der Waals surface area (Å²) in [5.41, 5.74) is 0.120. The minimum atomic E-state index is -0.494. The number of carbonyl (C=O) groups is 1. The minimum Gasteiger partial charge on any atom is -0.354 e. The first-order valence-electron chi connectivity index (χ1n) is 8.50. The third-order valence-electron chi connectivity index (χ3n) is 4.57. The summed E-state index contributed by atoms with van der Waals surface area (Å²) in [4.78, 5) is 31.7. The highest BCUT2D eigenvalue weighted by molar-refractivity contribution is 5.96. The van der Waals surface area contributed by atoms with E-state index in [1.807, 2.05) is 25.1 Å². The first-order valence-corrected chi connectivity index (χ1v) is 8.50. The number of piperazine rings is 1. The third kappa shape index (κ3) is 3.97. The second-order valence-electron chi connectivity index (χ2n) is 6.15. The van der Waals surface area contributed by atoms with Crippen LogP contribution in [0, 0.1) is 10.1 Å². The Labute approximate surface area is 151 Å². The monoisotopic (exact) mass is 355 g/mol. The van der Waals surface area contributed by atoms with Crippen molar-refractivity contribution in [3.63, 3.8) is 0 Å². The highest BCUT2D eigenvalue weighted by Gasteiger charge is 2.27. The zero-order valence-electron chi connectivity index (χ0n) is 14.5. The molecule has 1 aliphatic heterocycles. The molecule has 1 saturated heterocycles. The Hall–Kier alpha value is -3.00. The summed E-state index contributed by atoms with van der Waals surface area (Å²) >= 11 is 0. The molecule has 3 rings (SSSR count). The lowest BCUT2D eigenvalue weighted by Crippen LogP contribution is -2.53. The fourth-order valence-corrected chi connectivity index (χ4v) is 3.02. The average molecular weight is 355 g/mol. The van der Waals surface area contributed by atoms with Gasteiger partial charge in [-0.05, 0) is 25.1 Å². The van der Waals surface area contributed by atoms with Crippen LogP contribution in [0.4, 0.5) is 17.2 Å². The van der Waals surface area contributed by atoms with Crippen molar-refractivity contribution < 1.29 is 9.72 Å². The molecule has 1 aliphatic rings. The Morgan fingerprint density at radius 3 is 2.50 bits per heavy atom. The van der Waals surface area contributed by atoms with E-state index in [0.29, 0.717) is 0 Å². The standard InChI is InChI=1S/C18H21N5O3/c1-14(18(24)20-15-6-2-3-7-16(15)23(25)26)21-10-12-22(13-11-21)17-8-4-5-9-19-17/h2-9,14H,10-13H2,1H3,(H,20,24)/t14-/m0/s1. The molecule has 1 amide bonds. The number of nitrogens with one attached hydrogen (secondary N) is 1. The summed E-state index contributed by atoms with van der Waals surface area (Å²) in [6, 6.07) is 11.6. The van der Waals surface area contributed by atoms with Gasteiger partial charge in [-0.1, -0.05) is 18.2 Å². The van der Waals surface area contributed by atoms with Crippen molar-refractivity contribution in [2.45, 2.75) is 13.0 Å². The minimum absolute atomic E-state index is 0.104. The van der Waals surface area contributed by atoms with Crippen LogP contribution in [-0.2, 0) is 4.79 Å². The van der Waals surface area contributed by atoms with E-state index in [-0.39, 0.29) is 23.3 Å². The number of rotatable bonds is 5. The molecular formula is C18H21N5O3. The van der Waals surface area contributed by atoms with Crippen molar-refractivity contribution in [2.24, 2.45) is 0 Å². The largest absolute Gasteiger partial charge is 0.354 e. The number of benzene rings is 1. The molecule has 2 heterocycles. The van der Waals surface area contributed by atoms with E-state index in [1.165, 1.54) is 6.07 Å². The normalized spacial score (nSPS) is 16.1. The SMILES string of the molecule is C[C@@H](C(=O)Nc1ccccc1[N+](=O)[O-])N1CCN(c2ccccn2)CC1. The molecule has 0 aliphatic carbocycles. The number of hydrogen-bond acceptors (Lipinski definition) is 6. The zero-order valence-corrected chi connectivity index (χ0v) is 14.5. The maximum Gasteiger partial charge on any atom is 0.292 e. The van der Waals surface area contributed by atoms with Gasteiger partial charge >= 0.3 is 0 Å². The number of nitrogens with zero attached hydrogens (tertiary/aromatic N) is 4. The van der Waals surface area contributed by atoms with E-state index < -0.39 is 4.92 Å². The van der Waals surface area contributed by atoms with Gasteiger partial charge in [0.15, 0.2) is 0 Å². The Balaban J connectivity index is 1.59. The van der Waals surface area contributed by atoms with E-state index in [4.69, 9.17) is 0 Å². The second-order valence-corrected chi connectivity index (χ2v) is 6.15. The number of aromatic nitrogens is 1. The van der Waals surface area contributed by atoms with Gasteiger partial charge in [-0.25, -0.2) is 4.98 Å². The van der Waals surface area contributed by atoms with Crippen molar-refractivity contribution >= 4 is 23.1 Å². The van der Waals surface area contributed by atoms with Crippen molar-refractivity contribution in [2.75, 3.05) is 36.4 Å². The predicted octanol–water partition coefficient (Wildman–Crippen LogP) is 2.14. The van der Waals surface area contributed by atoms with E-state index in [1.54, 1.807) is 24.4 Å². The molecule has 26 heavy (non-hydrogen) atoms. The highest BCUT2D eigenvalue weighted by Crippen LogP contribution is 2.24. The number of nitro groups is 1. The molecule has 0 bridgehead atoms. The number of hydrogen-bond donors (Lipinski definition) is 1. The lowest BCUT2D eigenvalue weighted by Gasteiger charge is -2.37. The molecule has 2 aromatic rings. The molecule has 1 N–H and O–H groups in total. The van der Waals surface area contributed by atoms with E-state index >= 15 is 0 Å². The number of anilines is 2. The van der Waals surface area contributed by atoms with Crippen LogP contribution in [0.25, 0.3) is 0 Å². The van der Waals surface area contributed by atoms with Gasteiger partial charge in [-0.15, -0.1) is 0 Å². The van der Waals surface area contributed by atoms with Crippen molar-refractivity contribution in [1.82, 2.24) is 9.88 Å². The molecule has 0 unspecified atom stereocenters. The molecule has 0 saturated carbocycles. The Morgan fingerprint density at radius 1 is 1.15 bits per heavy atom. The van der Waals surface area contributed by atoms with Gasteiger partial charge in [0, 0.05) is 38.4 Å². The lowest BCUT2D eigenvalue weighted by atomic mass is 10.2. The quantitative estimate of drug-likeness (QED) is 0.653. The summed E-state index contributed by atoms with van der Waals surface area (Å²) in [5.74, 6) is 0.690. The Bertz CT molecular complexity index is 775. The van der Waals surface area contributed by atoms with Crippen molar-refractivity contribution in [3.8, 4) is 0 Å². The first-order chi connectivity index (χ1) is 12.6. The molecule has 0 radical (unpaired) electrons. The predicted molar refractivity (Wildman–Crippen MR) is 99.2 cm³/mol. The second kappa shape index (κ2) is 7.92. The van der Waals surface area contributed by atoms with Gasteiger partial charge < -0.3 is 10.2 Å². The molecular weight excluding hydrogens is 334 g/mol. The average Bonchev–Trinajstić information content (AvgIpc) is 2.68. The maximum atomic E-state index is 12.5. The fraction of sp³-hybridized carbons (Fsp3) is 0.333. The summed E-state index contributed by atoms with van der Waals surface area (Å²) in [6.07, 6.45) is 1.77. The number of carbonyl (C=O) groups excluding carboxylic acids is 1. The number of nitro benzene ring substituents is 1. The Morgan fingerprint density at radius 2 is 1.85 bits per heavy atom. The zero-order chi connectivity index (χ0) is 18.5. The van der Waals surface area contributed by atoms with Crippen LogP contribution < -0.4 is 10.2 Å². The Kier molecular flexibility index (Phi) is 5.43. The van der Waals surface area contributed by atoms with E-state index in [0.717, 1.165) is 32.0 Å². The smallest absolute Gasteiger partial charge is 0.292 e. The lowest BCUT2D eigenvalue weighted by molar-refractivity contribution is -0.383. The van der Waals surface area contributed by atoms with Crippen molar-refractivity contribution in [1.29, 1.82) is 0 Å². The van der Waals surface area contributed by atoms with Crippen LogP contribution in [0.15, 0.2) is 48.7 Å². The first kappa shape index (κ1) is 17.8. The van der Waals surface area contributed by atoms with Crippen LogP contribution in [0.1, 0.15) is 6.92 Å². The number of pyridine rings is 1. The van der Waals surface area contributed by atoms with Crippen LogP contribution in [0.2, 0.25) is 0 Å². The van der Waals surface area contributed by atoms with Gasteiger partial charge in [0.1, 0.15) is 11.5 Å². The fourth-order valence-electron chi connectivity index (χ4n) is 3.02. The summed E-state index contributed by atoms with van der Waals surface area (Å²) < 4.78 is 0. The molecule has 0 spiro atoms. The van der Waals surface area contributed by atoms with Gasteiger partial charge in [-0.2, -0.15) is 0 Å². The van der Waals surface area contributed by atoms with Crippen molar-refractivity contribution in [3.05, 3.63) is 58.8 Å². The maximum absolute atomic E-state index is 12.5. The summed E-state index contributed by atoms with van der Waals surface area (Å²) in [6.45, 7) is 4.82. The van der Waals surface area contributed by atoms with Gasteiger partial charge in [0.05, 0.1) is 11.0 Å². The third-order valence-corrected chi connectivity index (χ3v) is 4.57. The summed E-state index contributed by atoms with van der Waals surface area (Å²) in [7, 11) is 0. The van der Waals surface area contributed by atoms with Crippen LogP contribution in [-0.4, -0.2) is 52.9 Å². The highest BCUT2D eigenvalue weighted by atomic mass is 16.6. The summed E-state index contributed by atoms with van der Waals surface area (Å²) in [5, 5.41) is 13.8. The molecule has 1 atom stereocenters. The molecule has 136 valence electrons. The molecule has 8 heteroatoms. The molecule has 1 aromatic carbocycles. The van der Waals surface area contributed by atoms with E-state index in [2.05, 4.69) is 20.1 Å². The van der Waals surface area contributed by atoms with Gasteiger partial charge in [-0.3, -0.25) is 19.8 Å². The van der Waals surface area contributed by atoms with Gasteiger partial charge in [0.25, 0.3) is 5.69 Å². The molecule has 1 fully saturated rings. The number of amides is 1. The van der Waals surface area contributed by atoms with Crippen LogP contribution in [0.5, 0.6) is 0 Å². The van der Waals surface area contributed by atoms with Crippen LogP contribution >= 0.6 is 0 Å². The van der Waals surface area contributed by atoms with Crippen LogP contribution in [0.3, 0.4) is 0 Å². The number of para-hydroxylation sites is 2. The van der Waals surface area contributed by atoms with E-state index in [9.17, 15) is 14.9 Å². The van der Waals surface area contributed by atoms with Gasteiger partial charge in [0.2, 0.25) is 5.91 Å². The molecule has 1 aromatic heterocycles.